The van der Waals surface area contributed by atoms with Gasteiger partial charge in [-0.2, -0.15) is 0 Å². The lowest BCUT2D eigenvalue weighted by Crippen LogP contribution is -2.53. The van der Waals surface area contributed by atoms with Crippen LogP contribution in [-0.4, -0.2) is 64.4 Å². The van der Waals surface area contributed by atoms with Gasteiger partial charge >= 0.3 is 5.97 Å². The van der Waals surface area contributed by atoms with Gasteiger partial charge in [-0.3, -0.25) is 4.79 Å². The van der Waals surface area contributed by atoms with Crippen LogP contribution in [0.3, 0.4) is 0 Å². The summed E-state index contributed by atoms with van der Waals surface area (Å²) in [6, 6.07) is 0. The smallest absolute Gasteiger partial charge is 0.340 e. The van der Waals surface area contributed by atoms with Gasteiger partial charge in [0.05, 0.1) is 30.0 Å². The largest absolute Gasteiger partial charge is 0.462 e. The van der Waals surface area contributed by atoms with Gasteiger partial charge in [0.1, 0.15) is 5.69 Å². The summed E-state index contributed by atoms with van der Waals surface area (Å²) in [7, 11) is 0. The number of aromatic amines is 1. The number of hydrogen-bond acceptors (Lipinski definition) is 5. The van der Waals surface area contributed by atoms with Crippen molar-refractivity contribution in [1.82, 2.24) is 9.88 Å². The van der Waals surface area contributed by atoms with Crippen molar-refractivity contribution in [3.63, 3.8) is 0 Å². The summed E-state index contributed by atoms with van der Waals surface area (Å²) in [6.45, 7) is 8.85. The second-order valence-electron chi connectivity index (χ2n) is 8.06. The molecule has 1 spiro atoms. The number of aliphatic hydroxyl groups is 1. The molecule has 7 heteroatoms. The van der Waals surface area contributed by atoms with E-state index in [0.29, 0.717) is 55.1 Å². The number of nitrogens with one attached hydrogen (secondary N) is 1. The Labute approximate surface area is 166 Å². The first-order chi connectivity index (χ1) is 13.3. The second kappa shape index (κ2) is 8.25. The van der Waals surface area contributed by atoms with Crippen LogP contribution in [0.15, 0.2) is 0 Å². The van der Waals surface area contributed by atoms with E-state index in [1.165, 1.54) is 0 Å². The molecule has 1 aromatic heterocycles. The quantitative estimate of drug-likeness (QED) is 0.769. The number of esters is 1. The molecule has 0 unspecified atom stereocenters. The van der Waals surface area contributed by atoms with Crippen molar-refractivity contribution < 1.29 is 24.2 Å². The molecule has 2 aliphatic heterocycles. The minimum atomic E-state index is -0.402. The predicted octanol–water partition coefficient (Wildman–Crippen LogP) is 2.73. The summed E-state index contributed by atoms with van der Waals surface area (Å²) in [6.07, 6.45) is 3.41. The van der Waals surface area contributed by atoms with E-state index in [-0.39, 0.29) is 23.7 Å². The molecule has 0 bridgehead atoms. The van der Waals surface area contributed by atoms with Crippen molar-refractivity contribution in [3.8, 4) is 0 Å². The number of piperidine rings is 1. The van der Waals surface area contributed by atoms with E-state index in [1.807, 2.05) is 4.90 Å². The number of nitrogens with zero attached hydrogens (tertiary/aromatic N) is 1. The average Bonchev–Trinajstić information content (AvgIpc) is 2.95. The molecule has 1 amide bonds. The summed E-state index contributed by atoms with van der Waals surface area (Å²) in [4.78, 5) is 30.1. The topological polar surface area (TPSA) is 91.9 Å². The predicted molar refractivity (Wildman–Crippen MR) is 104 cm³/mol. The molecular formula is C21H32N2O5. The van der Waals surface area contributed by atoms with Crippen molar-refractivity contribution in [3.05, 3.63) is 22.5 Å². The Kier molecular flexibility index (Phi) is 6.15. The van der Waals surface area contributed by atoms with Gasteiger partial charge in [0.2, 0.25) is 0 Å². The van der Waals surface area contributed by atoms with Crippen LogP contribution in [0.25, 0.3) is 0 Å². The van der Waals surface area contributed by atoms with Crippen LogP contribution in [0.4, 0.5) is 0 Å². The number of hydrogen-bond donors (Lipinski definition) is 2. The SMILES string of the molecule is CCOC(=O)c1c(C)[nH]c(C(=O)N2CCC3(CC2)C[C@H](O)C[C@H](CC)O3)c1C. The Bertz CT molecular complexity index is 733. The van der Waals surface area contributed by atoms with Crippen LogP contribution in [-0.2, 0) is 9.47 Å². The fourth-order valence-corrected chi connectivity index (χ4v) is 4.59. The maximum atomic E-state index is 13.1. The zero-order valence-electron chi connectivity index (χ0n) is 17.3. The standard InChI is InChI=1S/C21H32N2O5/c1-5-16-11-15(24)12-21(28-16)7-9-23(10-8-21)19(25)18-13(3)17(14(4)22-18)20(26)27-6-2/h15-16,22,24H,5-12H2,1-4H3/t15-,16+/m1/s1. The fraction of sp³-hybridized carbons (Fsp3) is 0.714. The van der Waals surface area contributed by atoms with Gasteiger partial charge in [-0.05, 0) is 52.0 Å². The molecule has 1 aromatic rings. The number of carbonyl (C=O) groups excluding carboxylic acids is 2. The molecule has 2 N–H and O–H groups in total. The van der Waals surface area contributed by atoms with Crippen LogP contribution in [0.1, 0.15) is 78.1 Å². The van der Waals surface area contributed by atoms with Gasteiger partial charge < -0.3 is 24.5 Å². The minimum absolute atomic E-state index is 0.0893. The molecule has 7 nitrogen and oxygen atoms in total. The maximum Gasteiger partial charge on any atom is 0.340 e. The number of rotatable bonds is 4. The van der Waals surface area contributed by atoms with Crippen molar-refractivity contribution in [2.75, 3.05) is 19.7 Å². The molecule has 3 heterocycles. The highest BCUT2D eigenvalue weighted by molar-refractivity contribution is 6.00. The van der Waals surface area contributed by atoms with Gasteiger partial charge in [0, 0.05) is 25.2 Å². The first-order valence-corrected chi connectivity index (χ1v) is 10.3. The Morgan fingerprint density at radius 2 is 1.96 bits per heavy atom. The van der Waals surface area contributed by atoms with Crippen LogP contribution in [0, 0.1) is 13.8 Å². The summed E-state index contributed by atoms with van der Waals surface area (Å²) in [5.74, 6) is -0.505. The lowest BCUT2D eigenvalue weighted by molar-refractivity contribution is -0.179. The van der Waals surface area contributed by atoms with E-state index in [1.54, 1.807) is 20.8 Å². The molecular weight excluding hydrogens is 360 g/mol. The van der Waals surface area contributed by atoms with Crippen LogP contribution >= 0.6 is 0 Å². The van der Waals surface area contributed by atoms with E-state index in [4.69, 9.17) is 9.47 Å². The minimum Gasteiger partial charge on any atom is -0.462 e. The third-order valence-electron chi connectivity index (χ3n) is 6.11. The van der Waals surface area contributed by atoms with E-state index in [0.717, 1.165) is 19.3 Å². The number of H-pyrrole nitrogens is 1. The lowest BCUT2D eigenvalue weighted by atomic mass is 9.81. The number of aliphatic hydroxyl groups excluding tert-OH is 1. The summed E-state index contributed by atoms with van der Waals surface area (Å²) in [5, 5.41) is 10.2. The van der Waals surface area contributed by atoms with Crippen molar-refractivity contribution in [1.29, 1.82) is 0 Å². The van der Waals surface area contributed by atoms with Gasteiger partial charge in [0.15, 0.2) is 0 Å². The highest BCUT2D eigenvalue weighted by Crippen LogP contribution is 2.38. The Morgan fingerprint density at radius 3 is 2.57 bits per heavy atom. The van der Waals surface area contributed by atoms with Gasteiger partial charge in [-0.15, -0.1) is 0 Å². The summed E-state index contributed by atoms with van der Waals surface area (Å²) < 4.78 is 11.4. The second-order valence-corrected chi connectivity index (χ2v) is 8.06. The zero-order valence-corrected chi connectivity index (χ0v) is 17.3. The third kappa shape index (κ3) is 3.96. The molecule has 2 saturated heterocycles. The third-order valence-corrected chi connectivity index (χ3v) is 6.11. The van der Waals surface area contributed by atoms with E-state index < -0.39 is 5.97 Å². The van der Waals surface area contributed by atoms with Gasteiger partial charge in [-0.25, -0.2) is 4.79 Å². The average molecular weight is 392 g/mol. The van der Waals surface area contributed by atoms with E-state index in [9.17, 15) is 14.7 Å². The highest BCUT2D eigenvalue weighted by Gasteiger charge is 2.43. The molecule has 156 valence electrons. The Morgan fingerprint density at radius 1 is 1.29 bits per heavy atom. The number of aromatic nitrogens is 1. The molecule has 2 aliphatic rings. The number of amides is 1. The number of aryl methyl sites for hydroxylation is 1. The van der Waals surface area contributed by atoms with E-state index >= 15 is 0 Å². The number of carbonyl (C=O) groups is 2. The van der Waals surface area contributed by atoms with Crippen molar-refractivity contribution in [2.45, 2.75) is 77.6 Å². The highest BCUT2D eigenvalue weighted by atomic mass is 16.5. The molecule has 2 fully saturated rings. The van der Waals surface area contributed by atoms with Gasteiger partial charge in [-0.1, -0.05) is 6.92 Å². The molecule has 28 heavy (non-hydrogen) atoms. The molecule has 0 aliphatic carbocycles. The first-order valence-electron chi connectivity index (χ1n) is 10.3. The summed E-state index contributed by atoms with van der Waals surface area (Å²) in [5.41, 5.74) is 1.86. The summed E-state index contributed by atoms with van der Waals surface area (Å²) >= 11 is 0. The van der Waals surface area contributed by atoms with Crippen LogP contribution in [0.2, 0.25) is 0 Å². The molecule has 3 rings (SSSR count). The molecule has 0 saturated carbocycles. The molecule has 0 radical (unpaired) electrons. The van der Waals surface area contributed by atoms with E-state index in [2.05, 4.69) is 11.9 Å². The van der Waals surface area contributed by atoms with Crippen LogP contribution < -0.4 is 0 Å². The number of likely N-dealkylation sites (tertiary alicyclic amines) is 1. The molecule has 0 aromatic carbocycles. The lowest BCUT2D eigenvalue weighted by Gasteiger charge is -2.47. The molecule has 2 atom stereocenters. The van der Waals surface area contributed by atoms with Crippen molar-refractivity contribution in [2.24, 2.45) is 0 Å². The Hall–Kier alpha value is -1.86. The first kappa shape index (κ1) is 20.9. The number of ether oxygens (including phenoxy) is 2. The van der Waals surface area contributed by atoms with Gasteiger partial charge in [0.25, 0.3) is 5.91 Å². The fourth-order valence-electron chi connectivity index (χ4n) is 4.59. The zero-order chi connectivity index (χ0) is 20.5. The maximum absolute atomic E-state index is 13.1. The Balaban J connectivity index is 1.71. The van der Waals surface area contributed by atoms with Crippen molar-refractivity contribution >= 4 is 11.9 Å². The normalized spacial score (nSPS) is 24.4. The monoisotopic (exact) mass is 392 g/mol. The van der Waals surface area contributed by atoms with Crippen LogP contribution in [0.5, 0.6) is 0 Å².